The minimum atomic E-state index is -0.620. The van der Waals surface area contributed by atoms with Crippen LogP contribution in [-0.2, 0) is 14.3 Å². The molecule has 218 valence electrons. The van der Waals surface area contributed by atoms with Crippen LogP contribution in [0.3, 0.4) is 0 Å². The molecule has 2 aromatic heterocycles. The molecule has 2 aliphatic rings. The summed E-state index contributed by atoms with van der Waals surface area (Å²) in [6.45, 7) is 9.56. The van der Waals surface area contributed by atoms with Gasteiger partial charge in [-0.05, 0) is 75.6 Å². The Hall–Kier alpha value is -3.92. The number of nitrogens with one attached hydrogen (secondary N) is 1. The van der Waals surface area contributed by atoms with Gasteiger partial charge in [0.2, 0.25) is 0 Å². The van der Waals surface area contributed by atoms with Crippen molar-refractivity contribution in [1.82, 2.24) is 19.8 Å². The number of nitrogens with zero attached hydrogens (tertiary/aromatic N) is 3. The van der Waals surface area contributed by atoms with Crippen molar-refractivity contribution in [2.24, 2.45) is 5.92 Å². The molecule has 0 bridgehead atoms. The molecule has 2 atom stereocenters. The van der Waals surface area contributed by atoms with Crippen molar-refractivity contribution in [3.63, 3.8) is 0 Å². The highest BCUT2D eigenvalue weighted by atomic mass is 19.1. The number of pyridine rings is 1. The summed E-state index contributed by atoms with van der Waals surface area (Å²) >= 11 is 0. The number of amides is 1. The Bertz CT molecular complexity index is 1480. The van der Waals surface area contributed by atoms with E-state index in [0.717, 1.165) is 28.6 Å². The number of ether oxygens (including phenoxy) is 3. The minimum Gasteiger partial charge on any atom is -0.496 e. The Morgan fingerprint density at radius 3 is 2.63 bits per heavy atom. The summed E-state index contributed by atoms with van der Waals surface area (Å²) in [6.07, 6.45) is 4.17. The van der Waals surface area contributed by atoms with E-state index in [2.05, 4.69) is 20.9 Å². The molecular weight excluding hydrogens is 527 g/mol. The molecule has 0 aliphatic carbocycles. The number of carbonyl (C=O) groups is 2. The van der Waals surface area contributed by atoms with Gasteiger partial charge in [-0.15, -0.1) is 0 Å². The Kier molecular flexibility index (Phi) is 8.04. The summed E-state index contributed by atoms with van der Waals surface area (Å²) in [6, 6.07) is 8.21. The van der Waals surface area contributed by atoms with Crippen molar-refractivity contribution < 1.29 is 28.2 Å². The standard InChI is InChI=1S/C31H37FN4O5/c1-6-40-29(37)24-17-36(30(38)41-31(2,3)4)18-26(24)35-13-10-19(11-14-35)25-16-23-21(9-12-33-28(23)34-25)22-15-20(32)7-8-27(22)39-5/h7-10,12,15-16,24,26H,6,11,13-14,17-18H2,1-5H3,(H,33,34). The minimum absolute atomic E-state index is 0.171. The van der Waals surface area contributed by atoms with Crippen LogP contribution in [0.25, 0.3) is 27.7 Å². The summed E-state index contributed by atoms with van der Waals surface area (Å²) in [5.74, 6) is -0.490. The second-order valence-corrected chi connectivity index (χ2v) is 11.4. The van der Waals surface area contributed by atoms with Crippen LogP contribution in [0.15, 0.2) is 42.6 Å². The van der Waals surface area contributed by atoms with E-state index in [0.29, 0.717) is 36.6 Å². The van der Waals surface area contributed by atoms with Gasteiger partial charge in [-0.3, -0.25) is 9.69 Å². The highest BCUT2D eigenvalue weighted by molar-refractivity contribution is 5.96. The Labute approximate surface area is 239 Å². The van der Waals surface area contributed by atoms with Crippen LogP contribution < -0.4 is 4.74 Å². The molecule has 1 N–H and O–H groups in total. The maximum atomic E-state index is 14.1. The molecule has 1 aromatic carbocycles. The van der Waals surface area contributed by atoms with Gasteiger partial charge in [-0.1, -0.05) is 6.08 Å². The first-order valence-electron chi connectivity index (χ1n) is 14.0. The number of aromatic amines is 1. The van der Waals surface area contributed by atoms with E-state index >= 15 is 0 Å². The second-order valence-electron chi connectivity index (χ2n) is 11.4. The van der Waals surface area contributed by atoms with E-state index in [9.17, 15) is 14.0 Å². The molecule has 9 nitrogen and oxygen atoms in total. The van der Waals surface area contributed by atoms with E-state index in [1.54, 1.807) is 31.2 Å². The summed E-state index contributed by atoms with van der Waals surface area (Å²) in [5.41, 5.74) is 3.65. The van der Waals surface area contributed by atoms with E-state index in [4.69, 9.17) is 14.2 Å². The molecule has 5 rings (SSSR count). The van der Waals surface area contributed by atoms with Crippen molar-refractivity contribution in [2.45, 2.75) is 45.8 Å². The number of rotatable bonds is 6. The molecule has 1 amide bonds. The zero-order valence-corrected chi connectivity index (χ0v) is 24.2. The molecule has 0 spiro atoms. The van der Waals surface area contributed by atoms with Crippen LogP contribution in [0.2, 0.25) is 0 Å². The fraction of sp³-hybridized carbons (Fsp3) is 0.452. The van der Waals surface area contributed by atoms with Crippen LogP contribution in [0.1, 0.15) is 39.8 Å². The van der Waals surface area contributed by atoms with Gasteiger partial charge in [0, 0.05) is 55.1 Å². The summed E-state index contributed by atoms with van der Waals surface area (Å²) in [4.78, 5) is 37.5. The van der Waals surface area contributed by atoms with Gasteiger partial charge in [-0.25, -0.2) is 14.2 Å². The Morgan fingerprint density at radius 2 is 1.95 bits per heavy atom. The van der Waals surface area contributed by atoms with Crippen molar-refractivity contribution >= 4 is 28.7 Å². The summed E-state index contributed by atoms with van der Waals surface area (Å²) in [5, 5.41) is 0.876. The third-order valence-electron chi connectivity index (χ3n) is 7.57. The molecule has 10 heteroatoms. The van der Waals surface area contributed by atoms with Crippen molar-refractivity contribution in [3.05, 3.63) is 54.1 Å². The summed E-state index contributed by atoms with van der Waals surface area (Å²) in [7, 11) is 1.57. The zero-order valence-electron chi connectivity index (χ0n) is 24.2. The van der Waals surface area contributed by atoms with Crippen molar-refractivity contribution in [3.8, 4) is 16.9 Å². The first-order valence-corrected chi connectivity index (χ1v) is 14.0. The van der Waals surface area contributed by atoms with Gasteiger partial charge in [0.05, 0.1) is 19.6 Å². The fourth-order valence-corrected chi connectivity index (χ4v) is 5.67. The number of likely N-dealkylation sites (tertiary alicyclic amines) is 1. The molecule has 1 saturated heterocycles. The molecule has 4 heterocycles. The first-order chi connectivity index (χ1) is 19.6. The number of methoxy groups -OCH3 is 1. The molecule has 3 aromatic rings. The SMILES string of the molecule is CCOC(=O)C1CN(C(=O)OC(C)(C)C)CC1N1CC=C(c2cc3c(-c4cc(F)ccc4OC)ccnc3[nH]2)CC1. The van der Waals surface area contributed by atoms with E-state index in [1.165, 1.54) is 12.1 Å². The van der Waals surface area contributed by atoms with Crippen LogP contribution in [0, 0.1) is 11.7 Å². The Balaban J connectivity index is 1.37. The molecule has 2 unspecified atom stereocenters. The van der Waals surface area contributed by atoms with Gasteiger partial charge in [0.25, 0.3) is 0 Å². The number of esters is 1. The topological polar surface area (TPSA) is 97.0 Å². The predicted octanol–water partition coefficient (Wildman–Crippen LogP) is 5.27. The highest BCUT2D eigenvalue weighted by Crippen LogP contribution is 2.37. The Morgan fingerprint density at radius 1 is 1.15 bits per heavy atom. The van der Waals surface area contributed by atoms with Gasteiger partial charge in [0.1, 0.15) is 22.8 Å². The molecule has 41 heavy (non-hydrogen) atoms. The number of H-pyrrole nitrogens is 1. The van der Waals surface area contributed by atoms with Crippen molar-refractivity contribution in [2.75, 3.05) is 39.9 Å². The van der Waals surface area contributed by atoms with Gasteiger partial charge in [-0.2, -0.15) is 0 Å². The number of aromatic nitrogens is 2. The largest absolute Gasteiger partial charge is 0.496 e. The molecular formula is C31H37FN4O5. The lowest BCUT2D eigenvalue weighted by Crippen LogP contribution is -2.46. The highest BCUT2D eigenvalue weighted by Gasteiger charge is 2.44. The monoisotopic (exact) mass is 564 g/mol. The third kappa shape index (κ3) is 6.07. The molecule has 0 radical (unpaired) electrons. The second kappa shape index (κ2) is 11.5. The number of hydrogen-bond donors (Lipinski definition) is 1. The number of carbonyl (C=O) groups excluding carboxylic acids is 2. The van der Waals surface area contributed by atoms with Crippen LogP contribution in [-0.4, -0.2) is 83.4 Å². The average Bonchev–Trinajstić information content (AvgIpc) is 3.58. The molecule has 0 saturated carbocycles. The maximum Gasteiger partial charge on any atom is 0.410 e. The summed E-state index contributed by atoms with van der Waals surface area (Å²) < 4.78 is 30.6. The quantitative estimate of drug-likeness (QED) is 0.408. The lowest BCUT2D eigenvalue weighted by Gasteiger charge is -2.33. The average molecular weight is 565 g/mol. The van der Waals surface area contributed by atoms with E-state index in [-0.39, 0.29) is 31.0 Å². The van der Waals surface area contributed by atoms with Crippen molar-refractivity contribution in [1.29, 1.82) is 0 Å². The van der Waals surface area contributed by atoms with Crippen LogP contribution in [0.5, 0.6) is 5.75 Å². The fourth-order valence-electron chi connectivity index (χ4n) is 5.67. The molecule has 1 fully saturated rings. The number of fused-ring (bicyclic) bond motifs is 1. The lowest BCUT2D eigenvalue weighted by atomic mass is 9.97. The number of benzene rings is 1. The van der Waals surface area contributed by atoms with Crippen LogP contribution >= 0.6 is 0 Å². The lowest BCUT2D eigenvalue weighted by molar-refractivity contribution is -0.149. The first kappa shape index (κ1) is 28.6. The maximum absolute atomic E-state index is 14.1. The number of halogens is 1. The normalized spacial score (nSPS) is 19.8. The predicted molar refractivity (Wildman–Crippen MR) is 154 cm³/mol. The van der Waals surface area contributed by atoms with E-state index in [1.807, 2.05) is 32.9 Å². The third-order valence-corrected chi connectivity index (χ3v) is 7.57. The zero-order chi connectivity index (χ0) is 29.3. The smallest absolute Gasteiger partial charge is 0.410 e. The van der Waals surface area contributed by atoms with Gasteiger partial charge >= 0.3 is 12.1 Å². The van der Waals surface area contributed by atoms with Crippen LogP contribution in [0.4, 0.5) is 9.18 Å². The van der Waals surface area contributed by atoms with Gasteiger partial charge in [0.15, 0.2) is 0 Å². The van der Waals surface area contributed by atoms with E-state index < -0.39 is 17.6 Å². The van der Waals surface area contributed by atoms with Gasteiger partial charge < -0.3 is 24.1 Å². The molecule has 2 aliphatic heterocycles. The number of hydrogen-bond acceptors (Lipinski definition) is 7.